The third kappa shape index (κ3) is 3.17. The highest BCUT2D eigenvalue weighted by Crippen LogP contribution is 2.36. The van der Waals surface area contributed by atoms with E-state index in [1.54, 1.807) is 20.1 Å². The number of carbonyl (C=O) groups is 1. The molecule has 0 aliphatic heterocycles. The molecular weight excluding hydrogens is 366 g/mol. The number of nitrogens with zero attached hydrogens (tertiary/aromatic N) is 3. The second-order valence-corrected chi connectivity index (χ2v) is 6.83. The van der Waals surface area contributed by atoms with Crippen molar-refractivity contribution in [2.45, 2.75) is 12.1 Å². The van der Waals surface area contributed by atoms with Gasteiger partial charge in [0.05, 0.1) is 18.6 Å². The summed E-state index contributed by atoms with van der Waals surface area (Å²) < 4.78 is 12.7. The Hall–Kier alpha value is -3.20. The average molecular weight is 383 g/mol. The number of fused-ring (bicyclic) bond motifs is 3. The summed E-state index contributed by atoms with van der Waals surface area (Å²) in [6, 6.07) is 11.4. The summed E-state index contributed by atoms with van der Waals surface area (Å²) in [5.41, 5.74) is 2.00. The molecule has 0 saturated carbocycles. The van der Waals surface area contributed by atoms with Gasteiger partial charge in [0, 0.05) is 16.8 Å². The molecule has 0 atom stereocenters. The molecule has 2 aromatic heterocycles. The lowest BCUT2D eigenvalue weighted by Gasteiger charge is -2.10. The predicted octanol–water partition coefficient (Wildman–Crippen LogP) is 2.94. The Kier molecular flexibility index (Phi) is 4.36. The first kappa shape index (κ1) is 17.2. The van der Waals surface area contributed by atoms with E-state index >= 15 is 0 Å². The molecule has 0 saturated heterocycles. The molecular formula is C18H17N5O3S. The SMILES string of the molecule is COc1cc2c(cc1NC(=O)CSc1nnc(C)n1N)oc1ccccc12. The van der Waals surface area contributed by atoms with Crippen molar-refractivity contribution in [2.24, 2.45) is 0 Å². The number of thioether (sulfide) groups is 1. The zero-order valence-corrected chi connectivity index (χ0v) is 15.5. The van der Waals surface area contributed by atoms with E-state index in [1.165, 1.54) is 16.4 Å². The van der Waals surface area contributed by atoms with E-state index in [4.69, 9.17) is 15.0 Å². The van der Waals surface area contributed by atoms with E-state index in [1.807, 2.05) is 30.3 Å². The lowest BCUT2D eigenvalue weighted by atomic mass is 10.1. The number of ether oxygens (including phenoxy) is 1. The average Bonchev–Trinajstić information content (AvgIpc) is 3.19. The van der Waals surface area contributed by atoms with Crippen LogP contribution in [0.4, 0.5) is 5.69 Å². The number of para-hydroxylation sites is 1. The second kappa shape index (κ2) is 6.84. The number of amides is 1. The van der Waals surface area contributed by atoms with Gasteiger partial charge in [-0.15, -0.1) is 10.2 Å². The number of anilines is 1. The van der Waals surface area contributed by atoms with Gasteiger partial charge < -0.3 is 20.3 Å². The second-order valence-electron chi connectivity index (χ2n) is 5.88. The fourth-order valence-electron chi connectivity index (χ4n) is 2.78. The number of rotatable bonds is 5. The van der Waals surface area contributed by atoms with Crippen LogP contribution in [-0.2, 0) is 4.79 Å². The first-order chi connectivity index (χ1) is 13.1. The monoisotopic (exact) mass is 383 g/mol. The quantitative estimate of drug-likeness (QED) is 0.403. The number of nitrogens with two attached hydrogens (primary N) is 1. The number of methoxy groups -OCH3 is 1. The number of hydrogen-bond donors (Lipinski definition) is 2. The lowest BCUT2D eigenvalue weighted by Crippen LogP contribution is -2.17. The van der Waals surface area contributed by atoms with Crippen LogP contribution in [0.2, 0.25) is 0 Å². The van der Waals surface area contributed by atoms with Crippen molar-refractivity contribution in [3.05, 3.63) is 42.2 Å². The Morgan fingerprint density at radius 3 is 2.81 bits per heavy atom. The van der Waals surface area contributed by atoms with Gasteiger partial charge in [-0.2, -0.15) is 0 Å². The van der Waals surface area contributed by atoms with Crippen LogP contribution in [-0.4, -0.2) is 33.6 Å². The van der Waals surface area contributed by atoms with Gasteiger partial charge in [0.15, 0.2) is 0 Å². The highest BCUT2D eigenvalue weighted by atomic mass is 32.2. The van der Waals surface area contributed by atoms with Crippen molar-refractivity contribution < 1.29 is 13.9 Å². The minimum absolute atomic E-state index is 0.136. The van der Waals surface area contributed by atoms with Crippen LogP contribution in [0.3, 0.4) is 0 Å². The van der Waals surface area contributed by atoms with Crippen molar-refractivity contribution >= 4 is 45.3 Å². The van der Waals surface area contributed by atoms with Crippen molar-refractivity contribution in [1.29, 1.82) is 0 Å². The molecule has 0 bridgehead atoms. The van der Waals surface area contributed by atoms with Crippen LogP contribution in [0.1, 0.15) is 5.82 Å². The number of furan rings is 1. The van der Waals surface area contributed by atoms with E-state index < -0.39 is 0 Å². The van der Waals surface area contributed by atoms with Gasteiger partial charge in [-0.25, -0.2) is 4.68 Å². The molecule has 0 radical (unpaired) electrons. The van der Waals surface area contributed by atoms with Crippen molar-refractivity contribution in [1.82, 2.24) is 14.9 Å². The molecule has 27 heavy (non-hydrogen) atoms. The number of aromatic nitrogens is 3. The van der Waals surface area contributed by atoms with Gasteiger partial charge >= 0.3 is 0 Å². The molecule has 0 spiro atoms. The molecule has 0 aliphatic carbocycles. The van der Waals surface area contributed by atoms with E-state index in [-0.39, 0.29) is 11.7 Å². The molecule has 0 fully saturated rings. The fraction of sp³-hybridized carbons (Fsp3) is 0.167. The van der Waals surface area contributed by atoms with Gasteiger partial charge in [-0.3, -0.25) is 4.79 Å². The van der Waals surface area contributed by atoms with Crippen molar-refractivity contribution in [3.8, 4) is 5.75 Å². The van der Waals surface area contributed by atoms with E-state index in [9.17, 15) is 4.79 Å². The Morgan fingerprint density at radius 2 is 2.07 bits per heavy atom. The molecule has 1 amide bonds. The first-order valence-electron chi connectivity index (χ1n) is 8.16. The third-order valence-electron chi connectivity index (χ3n) is 4.14. The molecule has 0 unspecified atom stereocenters. The summed E-state index contributed by atoms with van der Waals surface area (Å²) in [5, 5.41) is 13.0. The normalized spacial score (nSPS) is 11.2. The topological polar surface area (TPSA) is 108 Å². The summed E-state index contributed by atoms with van der Waals surface area (Å²) in [6.07, 6.45) is 0. The number of hydrogen-bond acceptors (Lipinski definition) is 7. The van der Waals surface area contributed by atoms with Crippen molar-refractivity contribution in [3.63, 3.8) is 0 Å². The minimum atomic E-state index is -0.214. The third-order valence-corrected chi connectivity index (χ3v) is 5.08. The van der Waals surface area contributed by atoms with Gasteiger partial charge in [0.1, 0.15) is 22.7 Å². The maximum Gasteiger partial charge on any atom is 0.234 e. The van der Waals surface area contributed by atoms with E-state index in [0.29, 0.717) is 28.0 Å². The Balaban J connectivity index is 1.58. The molecule has 2 heterocycles. The van der Waals surface area contributed by atoms with Gasteiger partial charge in [0.2, 0.25) is 11.1 Å². The maximum absolute atomic E-state index is 12.4. The number of benzene rings is 2. The van der Waals surface area contributed by atoms with Gasteiger partial charge in [-0.1, -0.05) is 30.0 Å². The molecule has 8 nitrogen and oxygen atoms in total. The predicted molar refractivity (Wildman–Crippen MR) is 105 cm³/mol. The molecule has 2 aromatic carbocycles. The van der Waals surface area contributed by atoms with Crippen LogP contribution in [0, 0.1) is 6.92 Å². The molecule has 4 aromatic rings. The summed E-state index contributed by atoms with van der Waals surface area (Å²) >= 11 is 1.20. The fourth-order valence-corrected chi connectivity index (χ4v) is 3.48. The minimum Gasteiger partial charge on any atom is -0.495 e. The van der Waals surface area contributed by atoms with E-state index in [0.717, 1.165) is 16.4 Å². The molecule has 4 rings (SSSR count). The Labute approximate surface area is 158 Å². The van der Waals surface area contributed by atoms with Gasteiger partial charge in [-0.05, 0) is 19.1 Å². The zero-order valence-electron chi connectivity index (χ0n) is 14.7. The first-order valence-corrected chi connectivity index (χ1v) is 9.14. The maximum atomic E-state index is 12.4. The number of nitrogens with one attached hydrogen (secondary N) is 1. The highest BCUT2D eigenvalue weighted by Gasteiger charge is 2.15. The molecule has 9 heteroatoms. The van der Waals surface area contributed by atoms with Gasteiger partial charge in [0.25, 0.3) is 0 Å². The van der Waals surface area contributed by atoms with Crippen LogP contribution in [0.15, 0.2) is 46.0 Å². The summed E-state index contributed by atoms with van der Waals surface area (Å²) in [7, 11) is 1.56. The number of aryl methyl sites for hydroxylation is 1. The Bertz CT molecular complexity index is 1150. The Morgan fingerprint density at radius 1 is 1.26 bits per heavy atom. The van der Waals surface area contributed by atoms with Crippen LogP contribution in [0.25, 0.3) is 21.9 Å². The number of carbonyl (C=O) groups excluding carboxylic acids is 1. The highest BCUT2D eigenvalue weighted by molar-refractivity contribution is 7.99. The van der Waals surface area contributed by atoms with Crippen LogP contribution >= 0.6 is 11.8 Å². The molecule has 3 N–H and O–H groups in total. The van der Waals surface area contributed by atoms with Crippen LogP contribution < -0.4 is 15.9 Å². The zero-order chi connectivity index (χ0) is 19.0. The molecule has 0 aliphatic rings. The lowest BCUT2D eigenvalue weighted by molar-refractivity contribution is -0.113. The number of nitrogen functional groups attached to an aromatic ring is 1. The molecule has 138 valence electrons. The summed E-state index contributed by atoms with van der Waals surface area (Å²) in [6.45, 7) is 1.74. The smallest absolute Gasteiger partial charge is 0.234 e. The standard InChI is InChI=1S/C18H17N5O3S/c1-10-21-22-18(23(10)19)27-9-17(24)20-13-8-15-12(7-16(13)25-2)11-5-3-4-6-14(11)26-15/h3-8H,9,19H2,1-2H3,(H,20,24). The van der Waals surface area contributed by atoms with Crippen molar-refractivity contribution in [2.75, 3.05) is 24.0 Å². The largest absolute Gasteiger partial charge is 0.495 e. The summed E-state index contributed by atoms with van der Waals surface area (Å²) in [4.78, 5) is 12.4. The van der Waals surface area contributed by atoms with Crippen LogP contribution in [0.5, 0.6) is 5.75 Å². The van der Waals surface area contributed by atoms with E-state index in [2.05, 4.69) is 15.5 Å². The summed E-state index contributed by atoms with van der Waals surface area (Å²) in [5.74, 6) is 6.85.